The van der Waals surface area contributed by atoms with Crippen LogP contribution in [0.2, 0.25) is 5.02 Å². The summed E-state index contributed by atoms with van der Waals surface area (Å²) in [5.74, 6) is 0. The van der Waals surface area contributed by atoms with E-state index in [-0.39, 0.29) is 16.4 Å². The number of nitrogens with zero attached hydrogens (tertiary/aromatic N) is 2. The molecule has 5 nitrogen and oxygen atoms in total. The Hall–Kier alpha value is -3.18. The van der Waals surface area contributed by atoms with E-state index in [1.165, 1.54) is 23.1 Å². The molecule has 0 unspecified atom stereocenters. The van der Waals surface area contributed by atoms with Gasteiger partial charge in [-0.1, -0.05) is 54.1 Å². The summed E-state index contributed by atoms with van der Waals surface area (Å²) in [6.45, 7) is 0. The SMILES string of the molecule is O=CN(c1ccc(-c2ccccc2)cc1)c1cc([N+](=O)[O-])ccc1Cl. The van der Waals surface area contributed by atoms with Crippen LogP contribution in [0, 0.1) is 10.1 Å². The Balaban J connectivity index is 1.98. The van der Waals surface area contributed by atoms with Crippen LogP contribution in [-0.4, -0.2) is 11.3 Å². The second-order valence-electron chi connectivity index (χ2n) is 5.28. The molecule has 6 heteroatoms. The monoisotopic (exact) mass is 352 g/mol. The Labute approximate surface area is 149 Å². The molecule has 0 heterocycles. The van der Waals surface area contributed by atoms with E-state index in [1.807, 2.05) is 42.5 Å². The van der Waals surface area contributed by atoms with E-state index >= 15 is 0 Å². The van der Waals surface area contributed by atoms with E-state index in [4.69, 9.17) is 11.6 Å². The summed E-state index contributed by atoms with van der Waals surface area (Å²) in [4.78, 5) is 23.3. The Morgan fingerprint density at radius 3 is 2.16 bits per heavy atom. The van der Waals surface area contributed by atoms with Gasteiger partial charge < -0.3 is 0 Å². The molecule has 0 aliphatic carbocycles. The molecule has 25 heavy (non-hydrogen) atoms. The lowest BCUT2D eigenvalue weighted by Gasteiger charge is -2.19. The van der Waals surface area contributed by atoms with Crippen LogP contribution in [0.1, 0.15) is 0 Å². The minimum atomic E-state index is -0.526. The van der Waals surface area contributed by atoms with E-state index in [9.17, 15) is 14.9 Å². The Kier molecular flexibility index (Phi) is 4.77. The zero-order chi connectivity index (χ0) is 17.8. The summed E-state index contributed by atoms with van der Waals surface area (Å²) < 4.78 is 0. The maximum absolute atomic E-state index is 11.6. The van der Waals surface area contributed by atoms with E-state index < -0.39 is 4.92 Å². The van der Waals surface area contributed by atoms with Crippen LogP contribution >= 0.6 is 11.6 Å². The van der Waals surface area contributed by atoms with E-state index in [0.29, 0.717) is 12.1 Å². The van der Waals surface area contributed by atoms with Gasteiger partial charge in [0.15, 0.2) is 0 Å². The van der Waals surface area contributed by atoms with Crippen molar-refractivity contribution in [3.63, 3.8) is 0 Å². The molecule has 0 atom stereocenters. The predicted octanol–water partition coefficient (Wildman–Crippen LogP) is 5.21. The van der Waals surface area contributed by atoms with Crippen molar-refractivity contribution in [2.75, 3.05) is 4.90 Å². The highest BCUT2D eigenvalue weighted by molar-refractivity contribution is 6.34. The van der Waals surface area contributed by atoms with Gasteiger partial charge in [0, 0.05) is 17.8 Å². The molecular weight excluding hydrogens is 340 g/mol. The van der Waals surface area contributed by atoms with E-state index in [1.54, 1.807) is 12.1 Å². The molecule has 0 radical (unpaired) electrons. The third-order valence-electron chi connectivity index (χ3n) is 3.76. The van der Waals surface area contributed by atoms with Gasteiger partial charge in [0.25, 0.3) is 5.69 Å². The smallest absolute Gasteiger partial charge is 0.271 e. The predicted molar refractivity (Wildman–Crippen MR) is 98.2 cm³/mol. The number of amides is 1. The van der Waals surface area contributed by atoms with Crippen LogP contribution in [0.3, 0.4) is 0 Å². The van der Waals surface area contributed by atoms with Gasteiger partial charge in [0.1, 0.15) is 0 Å². The van der Waals surface area contributed by atoms with Crippen molar-refractivity contribution in [1.29, 1.82) is 0 Å². The van der Waals surface area contributed by atoms with Crippen LogP contribution in [0.4, 0.5) is 17.1 Å². The highest BCUT2D eigenvalue weighted by atomic mass is 35.5. The second kappa shape index (κ2) is 7.15. The lowest BCUT2D eigenvalue weighted by Crippen LogP contribution is -2.14. The Bertz CT molecular complexity index is 912. The average molecular weight is 353 g/mol. The first-order valence-electron chi connectivity index (χ1n) is 7.44. The van der Waals surface area contributed by atoms with Crippen molar-refractivity contribution >= 4 is 35.1 Å². The molecule has 1 amide bonds. The molecule has 3 rings (SSSR count). The standard InChI is InChI=1S/C19H13ClN2O3/c20-18-11-10-17(22(24)25)12-19(18)21(13-23)16-8-6-15(7-9-16)14-4-2-1-3-5-14/h1-13H. The number of nitro groups is 1. The van der Waals surface area contributed by atoms with Crippen molar-refractivity contribution in [3.8, 4) is 11.1 Å². The number of rotatable bonds is 5. The van der Waals surface area contributed by atoms with E-state index in [2.05, 4.69) is 0 Å². The molecule has 0 aliphatic heterocycles. The third kappa shape index (κ3) is 3.51. The Morgan fingerprint density at radius 2 is 1.56 bits per heavy atom. The first-order chi connectivity index (χ1) is 12.1. The summed E-state index contributed by atoms with van der Waals surface area (Å²) in [7, 11) is 0. The topological polar surface area (TPSA) is 63.5 Å². The number of benzene rings is 3. The fourth-order valence-electron chi connectivity index (χ4n) is 2.50. The summed E-state index contributed by atoms with van der Waals surface area (Å²) in [6, 6.07) is 21.1. The summed E-state index contributed by atoms with van der Waals surface area (Å²) in [6.07, 6.45) is 0.586. The molecular formula is C19H13ClN2O3. The zero-order valence-corrected chi connectivity index (χ0v) is 13.8. The normalized spacial score (nSPS) is 10.3. The third-order valence-corrected chi connectivity index (χ3v) is 4.08. The molecule has 3 aromatic carbocycles. The molecule has 0 saturated heterocycles. The van der Waals surface area contributed by atoms with Crippen LogP contribution in [0.15, 0.2) is 72.8 Å². The maximum atomic E-state index is 11.6. The fraction of sp³-hybridized carbons (Fsp3) is 0. The van der Waals surface area contributed by atoms with Gasteiger partial charge in [-0.05, 0) is 29.3 Å². The van der Waals surface area contributed by atoms with E-state index in [0.717, 1.165) is 11.1 Å². The minimum absolute atomic E-state index is 0.132. The highest BCUT2D eigenvalue weighted by Crippen LogP contribution is 2.34. The van der Waals surface area contributed by atoms with Crippen molar-refractivity contribution in [2.24, 2.45) is 0 Å². The molecule has 0 aromatic heterocycles. The van der Waals surface area contributed by atoms with Gasteiger partial charge in [-0.2, -0.15) is 0 Å². The number of nitro benzene ring substituents is 1. The lowest BCUT2D eigenvalue weighted by atomic mass is 10.1. The molecule has 0 aliphatic rings. The summed E-state index contributed by atoms with van der Waals surface area (Å²) in [5.41, 5.74) is 2.75. The van der Waals surface area contributed by atoms with Crippen LogP contribution in [0.5, 0.6) is 0 Å². The van der Waals surface area contributed by atoms with Gasteiger partial charge in [-0.15, -0.1) is 0 Å². The number of hydrogen-bond acceptors (Lipinski definition) is 3. The number of hydrogen-bond donors (Lipinski definition) is 0. The Morgan fingerprint density at radius 1 is 0.920 bits per heavy atom. The average Bonchev–Trinajstić information content (AvgIpc) is 2.65. The fourth-order valence-corrected chi connectivity index (χ4v) is 2.71. The van der Waals surface area contributed by atoms with Gasteiger partial charge in [0.05, 0.1) is 15.6 Å². The lowest BCUT2D eigenvalue weighted by molar-refractivity contribution is -0.384. The number of anilines is 2. The molecule has 0 saturated carbocycles. The molecule has 3 aromatic rings. The minimum Gasteiger partial charge on any atom is -0.282 e. The number of halogens is 1. The van der Waals surface area contributed by atoms with Crippen molar-refractivity contribution < 1.29 is 9.72 Å². The number of carbonyl (C=O) groups excluding carboxylic acids is 1. The molecule has 0 N–H and O–H groups in total. The van der Waals surface area contributed by atoms with Crippen molar-refractivity contribution in [2.45, 2.75) is 0 Å². The molecule has 0 spiro atoms. The van der Waals surface area contributed by atoms with Gasteiger partial charge in [-0.3, -0.25) is 19.8 Å². The van der Waals surface area contributed by atoms with Gasteiger partial charge >= 0.3 is 0 Å². The quantitative estimate of drug-likeness (QED) is 0.359. The first-order valence-corrected chi connectivity index (χ1v) is 7.82. The van der Waals surface area contributed by atoms with Crippen LogP contribution in [-0.2, 0) is 4.79 Å². The molecule has 124 valence electrons. The first kappa shape index (κ1) is 16.7. The number of carbonyl (C=O) groups is 1. The van der Waals surface area contributed by atoms with Gasteiger partial charge in [-0.25, -0.2) is 0 Å². The zero-order valence-electron chi connectivity index (χ0n) is 13.0. The second-order valence-corrected chi connectivity index (χ2v) is 5.69. The van der Waals surface area contributed by atoms with Crippen molar-refractivity contribution in [3.05, 3.63) is 87.9 Å². The highest BCUT2D eigenvalue weighted by Gasteiger charge is 2.16. The summed E-state index contributed by atoms with van der Waals surface area (Å²) >= 11 is 6.13. The number of non-ortho nitro benzene ring substituents is 1. The largest absolute Gasteiger partial charge is 0.282 e. The molecule has 0 bridgehead atoms. The molecule has 0 fully saturated rings. The van der Waals surface area contributed by atoms with Crippen LogP contribution in [0.25, 0.3) is 11.1 Å². The van der Waals surface area contributed by atoms with Crippen LogP contribution < -0.4 is 4.90 Å². The maximum Gasteiger partial charge on any atom is 0.271 e. The van der Waals surface area contributed by atoms with Gasteiger partial charge in [0.2, 0.25) is 6.41 Å². The van der Waals surface area contributed by atoms with Crippen molar-refractivity contribution in [1.82, 2.24) is 0 Å². The summed E-state index contributed by atoms with van der Waals surface area (Å²) in [5, 5.41) is 11.2.